The molecule has 0 amide bonds. The number of benzene rings is 1. The van der Waals surface area contributed by atoms with Gasteiger partial charge in [0.15, 0.2) is 9.84 Å². The standard InChI is InChI=1S/C10H14N2O4S2/c11-18(15,16)10-4-2-1-3-9(10)17(13,14)8-5-6-12-7-8/h1-4,8,12H,5-7H2,(H2,11,15,16). The lowest BCUT2D eigenvalue weighted by Gasteiger charge is -2.13. The van der Waals surface area contributed by atoms with E-state index in [4.69, 9.17) is 5.14 Å². The van der Waals surface area contributed by atoms with E-state index in [9.17, 15) is 16.8 Å². The van der Waals surface area contributed by atoms with Crippen LogP contribution in [0.5, 0.6) is 0 Å². The Bertz CT molecular complexity index is 646. The summed E-state index contributed by atoms with van der Waals surface area (Å²) in [5.41, 5.74) is 0. The van der Waals surface area contributed by atoms with Gasteiger partial charge in [0.2, 0.25) is 10.0 Å². The average molecular weight is 290 g/mol. The first-order valence-corrected chi connectivity index (χ1v) is 8.49. The van der Waals surface area contributed by atoms with Crippen molar-refractivity contribution in [3.8, 4) is 0 Å². The van der Waals surface area contributed by atoms with Crippen molar-refractivity contribution in [3.63, 3.8) is 0 Å². The van der Waals surface area contributed by atoms with Crippen molar-refractivity contribution in [2.45, 2.75) is 21.5 Å². The van der Waals surface area contributed by atoms with Crippen molar-refractivity contribution in [2.24, 2.45) is 5.14 Å². The highest BCUT2D eigenvalue weighted by Crippen LogP contribution is 2.25. The summed E-state index contributed by atoms with van der Waals surface area (Å²) in [6, 6.07) is 5.44. The molecule has 0 aliphatic carbocycles. The molecule has 18 heavy (non-hydrogen) atoms. The van der Waals surface area contributed by atoms with Crippen molar-refractivity contribution in [3.05, 3.63) is 24.3 Å². The predicted molar refractivity (Wildman–Crippen MR) is 66.3 cm³/mol. The first-order chi connectivity index (χ1) is 8.33. The summed E-state index contributed by atoms with van der Waals surface area (Å²) in [6.45, 7) is 0.947. The molecule has 0 aromatic heterocycles. The first-order valence-electron chi connectivity index (χ1n) is 5.40. The molecule has 0 saturated carbocycles. The molecule has 1 aliphatic heterocycles. The van der Waals surface area contributed by atoms with Crippen molar-refractivity contribution >= 4 is 19.9 Å². The third-order valence-corrected chi connectivity index (χ3v) is 6.26. The Balaban J connectivity index is 2.58. The van der Waals surface area contributed by atoms with Gasteiger partial charge in [0.1, 0.15) is 4.90 Å². The second-order valence-electron chi connectivity index (χ2n) is 4.15. The Morgan fingerprint density at radius 3 is 2.22 bits per heavy atom. The van der Waals surface area contributed by atoms with Crippen LogP contribution in [-0.4, -0.2) is 35.2 Å². The van der Waals surface area contributed by atoms with E-state index >= 15 is 0 Å². The molecular weight excluding hydrogens is 276 g/mol. The molecule has 1 aliphatic rings. The average Bonchev–Trinajstić information content (AvgIpc) is 2.82. The van der Waals surface area contributed by atoms with Gasteiger partial charge in [0.05, 0.1) is 10.1 Å². The third kappa shape index (κ3) is 2.41. The van der Waals surface area contributed by atoms with Crippen molar-refractivity contribution < 1.29 is 16.8 Å². The third-order valence-electron chi connectivity index (χ3n) is 2.92. The van der Waals surface area contributed by atoms with Crippen LogP contribution in [0.3, 0.4) is 0 Å². The molecular formula is C10H14N2O4S2. The molecule has 1 saturated heterocycles. The van der Waals surface area contributed by atoms with E-state index in [-0.39, 0.29) is 9.79 Å². The maximum Gasteiger partial charge on any atom is 0.239 e. The minimum atomic E-state index is -4.05. The topological polar surface area (TPSA) is 106 Å². The monoisotopic (exact) mass is 290 g/mol. The molecule has 0 bridgehead atoms. The number of hydrogen-bond donors (Lipinski definition) is 2. The summed E-state index contributed by atoms with van der Waals surface area (Å²) >= 11 is 0. The molecule has 0 spiro atoms. The largest absolute Gasteiger partial charge is 0.315 e. The lowest BCUT2D eigenvalue weighted by Crippen LogP contribution is -2.26. The second-order valence-corrected chi connectivity index (χ2v) is 7.88. The van der Waals surface area contributed by atoms with Crippen LogP contribution in [0.15, 0.2) is 34.1 Å². The van der Waals surface area contributed by atoms with Crippen LogP contribution < -0.4 is 10.5 Å². The minimum absolute atomic E-state index is 0.207. The van der Waals surface area contributed by atoms with Crippen LogP contribution in [0.2, 0.25) is 0 Å². The van der Waals surface area contributed by atoms with Gasteiger partial charge in [0.25, 0.3) is 0 Å². The second kappa shape index (κ2) is 4.61. The Hall–Kier alpha value is -0.960. The number of primary sulfonamides is 1. The van der Waals surface area contributed by atoms with Crippen LogP contribution in [0.25, 0.3) is 0 Å². The molecule has 0 radical (unpaired) electrons. The van der Waals surface area contributed by atoms with Crippen molar-refractivity contribution in [1.82, 2.24) is 5.32 Å². The van der Waals surface area contributed by atoms with Crippen LogP contribution in [0.1, 0.15) is 6.42 Å². The maximum absolute atomic E-state index is 12.3. The molecule has 8 heteroatoms. The quantitative estimate of drug-likeness (QED) is 0.778. The van der Waals surface area contributed by atoms with Gasteiger partial charge in [0, 0.05) is 6.54 Å². The lowest BCUT2D eigenvalue weighted by atomic mass is 10.4. The van der Waals surface area contributed by atoms with Gasteiger partial charge in [-0.25, -0.2) is 22.0 Å². The highest BCUT2D eigenvalue weighted by Gasteiger charge is 2.33. The Labute approximate surface area is 106 Å². The zero-order valence-corrected chi connectivity index (χ0v) is 11.2. The molecule has 2 rings (SSSR count). The molecule has 1 aromatic rings. The summed E-state index contributed by atoms with van der Waals surface area (Å²) < 4.78 is 47.5. The summed E-state index contributed by atoms with van der Waals surface area (Å²) in [5, 5.41) is 7.39. The van der Waals surface area contributed by atoms with Gasteiger partial charge in [-0.2, -0.15) is 0 Å². The van der Waals surface area contributed by atoms with E-state index < -0.39 is 25.1 Å². The van der Waals surface area contributed by atoms with E-state index in [1.165, 1.54) is 24.3 Å². The normalized spacial score (nSPS) is 21.1. The Kier molecular flexibility index (Phi) is 3.45. The van der Waals surface area contributed by atoms with E-state index in [2.05, 4.69) is 5.32 Å². The zero-order chi connectivity index (χ0) is 13.4. The van der Waals surface area contributed by atoms with Crippen LogP contribution in [0.4, 0.5) is 0 Å². The molecule has 6 nitrogen and oxygen atoms in total. The molecule has 1 aromatic carbocycles. The van der Waals surface area contributed by atoms with Gasteiger partial charge in [-0.05, 0) is 25.1 Å². The number of hydrogen-bond acceptors (Lipinski definition) is 5. The van der Waals surface area contributed by atoms with Gasteiger partial charge in [-0.1, -0.05) is 12.1 Å². The van der Waals surface area contributed by atoms with Crippen LogP contribution in [0, 0.1) is 0 Å². The molecule has 1 atom stereocenters. The molecule has 1 heterocycles. The van der Waals surface area contributed by atoms with Gasteiger partial charge in [-0.15, -0.1) is 0 Å². The molecule has 1 fully saturated rings. The number of sulfone groups is 1. The predicted octanol–water partition coefficient (Wildman–Crippen LogP) is -0.530. The highest BCUT2D eigenvalue weighted by molar-refractivity contribution is 7.94. The van der Waals surface area contributed by atoms with E-state index in [1.54, 1.807) is 0 Å². The number of nitrogens with two attached hydrogens (primary N) is 1. The molecule has 100 valence electrons. The summed E-state index contributed by atoms with van der Waals surface area (Å²) in [7, 11) is -7.72. The zero-order valence-electron chi connectivity index (χ0n) is 9.53. The summed E-state index contributed by atoms with van der Waals surface area (Å²) in [6.07, 6.45) is 0.473. The first kappa shape index (κ1) is 13.5. The highest BCUT2D eigenvalue weighted by atomic mass is 32.2. The van der Waals surface area contributed by atoms with Crippen LogP contribution >= 0.6 is 0 Å². The van der Waals surface area contributed by atoms with E-state index in [0.717, 1.165) is 0 Å². The van der Waals surface area contributed by atoms with Gasteiger partial charge >= 0.3 is 0 Å². The molecule has 3 N–H and O–H groups in total. The van der Waals surface area contributed by atoms with Crippen molar-refractivity contribution in [1.29, 1.82) is 0 Å². The maximum atomic E-state index is 12.3. The van der Waals surface area contributed by atoms with Gasteiger partial charge in [-0.3, -0.25) is 0 Å². The number of sulfonamides is 1. The fraction of sp³-hybridized carbons (Fsp3) is 0.400. The smallest absolute Gasteiger partial charge is 0.239 e. The Morgan fingerprint density at radius 1 is 1.11 bits per heavy atom. The number of rotatable bonds is 3. The fourth-order valence-electron chi connectivity index (χ4n) is 1.99. The van der Waals surface area contributed by atoms with Crippen LogP contribution in [-0.2, 0) is 19.9 Å². The fourth-order valence-corrected chi connectivity index (χ4v) is 5.05. The lowest BCUT2D eigenvalue weighted by molar-refractivity contribution is 0.574. The van der Waals surface area contributed by atoms with E-state index in [1.807, 2.05) is 0 Å². The van der Waals surface area contributed by atoms with Crippen molar-refractivity contribution in [2.75, 3.05) is 13.1 Å². The SMILES string of the molecule is NS(=O)(=O)c1ccccc1S(=O)(=O)C1CCNC1. The summed E-state index contributed by atoms with van der Waals surface area (Å²) in [4.78, 5) is -0.543. The van der Waals surface area contributed by atoms with E-state index in [0.29, 0.717) is 19.5 Å². The minimum Gasteiger partial charge on any atom is -0.315 e. The molecule has 1 unspecified atom stereocenters. The number of nitrogens with one attached hydrogen (secondary N) is 1. The Morgan fingerprint density at radius 2 is 1.72 bits per heavy atom. The van der Waals surface area contributed by atoms with Gasteiger partial charge < -0.3 is 5.32 Å². The summed E-state index contributed by atoms with van der Waals surface area (Å²) in [5.74, 6) is 0.